The van der Waals surface area contributed by atoms with E-state index in [4.69, 9.17) is 29.6 Å². The average molecular weight is 298 g/mol. The van der Waals surface area contributed by atoms with Crippen LogP contribution in [0.4, 0.5) is 5.69 Å². The molecule has 0 aliphatic carbocycles. The first-order chi connectivity index (χ1) is 8.97. The molecule has 0 saturated carbocycles. The van der Waals surface area contributed by atoms with Gasteiger partial charge in [-0.3, -0.25) is 4.79 Å². The summed E-state index contributed by atoms with van der Waals surface area (Å²) in [5.41, 5.74) is 7.31. The number of likely N-dealkylation sites (N-methyl/N-ethyl adjacent to an activating group) is 1. The number of halogens is 1. The highest BCUT2D eigenvalue weighted by atomic mass is 35.5. The summed E-state index contributed by atoms with van der Waals surface area (Å²) in [6, 6.07) is 5.57. The lowest BCUT2D eigenvalue weighted by Gasteiger charge is -2.31. The quantitative estimate of drug-likeness (QED) is 0.838. The fourth-order valence-corrected chi connectivity index (χ4v) is 2.55. The number of amides is 1. The summed E-state index contributed by atoms with van der Waals surface area (Å²) < 4.78 is 0. The van der Waals surface area contributed by atoms with Gasteiger partial charge in [0.05, 0.1) is 0 Å². The highest BCUT2D eigenvalue weighted by molar-refractivity contribution is 7.80. The van der Waals surface area contributed by atoms with Gasteiger partial charge in [-0.15, -0.1) is 0 Å². The van der Waals surface area contributed by atoms with Gasteiger partial charge in [0.25, 0.3) is 0 Å². The first-order valence-electron chi connectivity index (χ1n) is 6.07. The Morgan fingerprint density at radius 3 is 2.95 bits per heavy atom. The molecule has 1 aliphatic rings. The van der Waals surface area contributed by atoms with Crippen LogP contribution in [-0.4, -0.2) is 35.4 Å². The van der Waals surface area contributed by atoms with Crippen LogP contribution < -0.4 is 11.1 Å². The van der Waals surface area contributed by atoms with Gasteiger partial charge in [0.15, 0.2) is 0 Å². The van der Waals surface area contributed by atoms with Crippen LogP contribution in [0.1, 0.15) is 18.4 Å². The molecule has 3 N–H and O–H groups in total. The smallest absolute Gasteiger partial charge is 0.222 e. The molecular formula is C13H16ClN3OS. The largest absolute Gasteiger partial charge is 0.389 e. The molecule has 0 aromatic heterocycles. The highest BCUT2D eigenvalue weighted by Gasteiger charge is 2.23. The van der Waals surface area contributed by atoms with E-state index in [2.05, 4.69) is 5.32 Å². The molecule has 1 aliphatic heterocycles. The molecule has 1 aromatic rings. The molecule has 1 saturated heterocycles. The van der Waals surface area contributed by atoms with Crippen molar-refractivity contribution in [2.24, 2.45) is 5.73 Å². The van der Waals surface area contributed by atoms with Gasteiger partial charge in [-0.25, -0.2) is 0 Å². The molecule has 0 bridgehead atoms. The van der Waals surface area contributed by atoms with Crippen molar-refractivity contribution < 1.29 is 4.79 Å². The lowest BCUT2D eigenvalue weighted by molar-refractivity contribution is -0.132. The topological polar surface area (TPSA) is 58.4 Å². The van der Waals surface area contributed by atoms with Gasteiger partial charge in [0.2, 0.25) is 5.91 Å². The third kappa shape index (κ3) is 3.36. The lowest BCUT2D eigenvalue weighted by Crippen LogP contribution is -2.43. The number of hydrogen-bond acceptors (Lipinski definition) is 3. The van der Waals surface area contributed by atoms with E-state index in [1.165, 1.54) is 0 Å². The molecule has 1 heterocycles. The summed E-state index contributed by atoms with van der Waals surface area (Å²) in [5, 5.41) is 4.00. The monoisotopic (exact) mass is 297 g/mol. The zero-order valence-electron chi connectivity index (χ0n) is 10.6. The second-order valence-corrected chi connectivity index (χ2v) is 5.58. The van der Waals surface area contributed by atoms with Crippen molar-refractivity contribution in [2.75, 3.05) is 18.9 Å². The van der Waals surface area contributed by atoms with Gasteiger partial charge in [-0.05, 0) is 24.6 Å². The summed E-state index contributed by atoms with van der Waals surface area (Å²) in [5.74, 6) is 0.179. The van der Waals surface area contributed by atoms with Crippen LogP contribution >= 0.6 is 23.8 Å². The molecule has 19 heavy (non-hydrogen) atoms. The Labute approximate surface area is 122 Å². The highest BCUT2D eigenvalue weighted by Crippen LogP contribution is 2.24. The Kier molecular flexibility index (Phi) is 4.27. The zero-order chi connectivity index (χ0) is 14.0. The van der Waals surface area contributed by atoms with E-state index in [0.29, 0.717) is 23.0 Å². The number of thiocarbonyl (C=S) groups is 1. The normalized spacial score (nSPS) is 19.4. The number of piperidine rings is 1. The number of rotatable bonds is 3. The van der Waals surface area contributed by atoms with Gasteiger partial charge in [0, 0.05) is 42.3 Å². The standard InChI is InChI=1S/C13H16ClN3OS/c1-17-7-9(3-5-12(17)18)16-11-6-8(14)2-4-10(11)13(15)19/h2,4,6,9,16H,3,5,7H2,1H3,(H2,15,19). The van der Waals surface area contributed by atoms with E-state index in [9.17, 15) is 4.79 Å². The molecule has 1 atom stereocenters. The molecular weight excluding hydrogens is 282 g/mol. The summed E-state index contributed by atoms with van der Waals surface area (Å²) >= 11 is 11.0. The van der Waals surface area contributed by atoms with Crippen LogP contribution in [0, 0.1) is 0 Å². The van der Waals surface area contributed by atoms with Crippen molar-refractivity contribution in [2.45, 2.75) is 18.9 Å². The minimum Gasteiger partial charge on any atom is -0.389 e. The minimum absolute atomic E-state index is 0.179. The van der Waals surface area contributed by atoms with Crippen molar-refractivity contribution in [1.82, 2.24) is 4.90 Å². The summed E-state index contributed by atoms with van der Waals surface area (Å²) in [6.45, 7) is 0.669. The van der Waals surface area contributed by atoms with Gasteiger partial charge in [-0.2, -0.15) is 0 Å². The third-order valence-electron chi connectivity index (χ3n) is 3.23. The predicted molar refractivity (Wildman–Crippen MR) is 81.6 cm³/mol. The number of likely N-dealkylation sites (tertiary alicyclic amines) is 1. The average Bonchev–Trinajstić information content (AvgIpc) is 2.33. The zero-order valence-corrected chi connectivity index (χ0v) is 12.2. The number of benzene rings is 1. The second kappa shape index (κ2) is 5.75. The SMILES string of the molecule is CN1CC(Nc2cc(Cl)ccc2C(N)=S)CCC1=O. The maximum absolute atomic E-state index is 11.5. The number of nitrogens with one attached hydrogen (secondary N) is 1. The fourth-order valence-electron chi connectivity index (χ4n) is 2.20. The Balaban J connectivity index is 2.16. The lowest BCUT2D eigenvalue weighted by atomic mass is 10.0. The van der Waals surface area contributed by atoms with Crippen LogP contribution in [-0.2, 0) is 4.79 Å². The summed E-state index contributed by atoms with van der Waals surface area (Å²) in [7, 11) is 1.81. The molecule has 1 amide bonds. The van der Waals surface area contributed by atoms with Crippen LogP contribution in [0.3, 0.4) is 0 Å². The van der Waals surface area contributed by atoms with Crippen LogP contribution in [0.15, 0.2) is 18.2 Å². The van der Waals surface area contributed by atoms with E-state index in [1.54, 1.807) is 11.0 Å². The number of nitrogens with zero attached hydrogens (tertiary/aromatic N) is 1. The molecule has 2 rings (SSSR count). The third-order valence-corrected chi connectivity index (χ3v) is 3.69. The number of carbonyl (C=O) groups is 1. The van der Waals surface area contributed by atoms with E-state index < -0.39 is 0 Å². The molecule has 6 heteroatoms. The van der Waals surface area contributed by atoms with Gasteiger partial charge in [0.1, 0.15) is 4.99 Å². The fraction of sp³-hybridized carbons (Fsp3) is 0.385. The van der Waals surface area contributed by atoms with Gasteiger partial charge in [-0.1, -0.05) is 23.8 Å². The second-order valence-electron chi connectivity index (χ2n) is 4.71. The Morgan fingerprint density at radius 1 is 1.58 bits per heavy atom. The van der Waals surface area contributed by atoms with E-state index in [-0.39, 0.29) is 11.9 Å². The molecule has 4 nitrogen and oxygen atoms in total. The van der Waals surface area contributed by atoms with Crippen molar-refractivity contribution >= 4 is 40.4 Å². The van der Waals surface area contributed by atoms with Crippen LogP contribution in [0.25, 0.3) is 0 Å². The number of anilines is 1. The minimum atomic E-state index is 0.179. The number of nitrogens with two attached hydrogens (primary N) is 1. The van der Waals surface area contributed by atoms with Crippen LogP contribution in [0.2, 0.25) is 5.02 Å². The Hall–Kier alpha value is -1.33. The van der Waals surface area contributed by atoms with Crippen molar-refractivity contribution in [1.29, 1.82) is 0 Å². The Morgan fingerprint density at radius 2 is 2.32 bits per heavy atom. The molecule has 0 radical (unpaired) electrons. The molecule has 1 unspecified atom stereocenters. The van der Waals surface area contributed by atoms with E-state index in [0.717, 1.165) is 17.7 Å². The summed E-state index contributed by atoms with van der Waals surface area (Å²) in [4.78, 5) is 13.5. The number of carbonyl (C=O) groups excluding carboxylic acids is 1. The maximum atomic E-state index is 11.5. The first kappa shape index (κ1) is 14.1. The van der Waals surface area contributed by atoms with E-state index >= 15 is 0 Å². The van der Waals surface area contributed by atoms with Gasteiger partial charge >= 0.3 is 0 Å². The van der Waals surface area contributed by atoms with E-state index in [1.807, 2.05) is 19.2 Å². The van der Waals surface area contributed by atoms with Crippen molar-refractivity contribution in [3.63, 3.8) is 0 Å². The Bertz CT molecular complexity index is 521. The molecule has 0 spiro atoms. The predicted octanol–water partition coefficient (Wildman–Crippen LogP) is 2.01. The first-order valence-corrected chi connectivity index (χ1v) is 6.86. The van der Waals surface area contributed by atoms with Crippen molar-refractivity contribution in [3.05, 3.63) is 28.8 Å². The molecule has 1 fully saturated rings. The maximum Gasteiger partial charge on any atom is 0.222 e. The molecule has 1 aromatic carbocycles. The summed E-state index contributed by atoms with van der Waals surface area (Å²) in [6.07, 6.45) is 1.35. The number of hydrogen-bond donors (Lipinski definition) is 2. The molecule has 102 valence electrons. The van der Waals surface area contributed by atoms with Gasteiger partial charge < -0.3 is 16.0 Å². The van der Waals surface area contributed by atoms with Crippen molar-refractivity contribution in [3.8, 4) is 0 Å². The van der Waals surface area contributed by atoms with Crippen LogP contribution in [0.5, 0.6) is 0 Å².